The quantitative estimate of drug-likeness (QED) is 0.758. The monoisotopic (exact) mass is 341 g/mol. The molecule has 1 fully saturated rings. The summed E-state index contributed by atoms with van der Waals surface area (Å²) in [5.41, 5.74) is 0.400. The van der Waals surface area contributed by atoms with E-state index in [1.54, 1.807) is 0 Å². The van der Waals surface area contributed by atoms with Crippen LogP contribution < -0.4 is 10.1 Å². The molecule has 0 radical (unpaired) electrons. The van der Waals surface area contributed by atoms with E-state index in [0.29, 0.717) is 25.5 Å². The van der Waals surface area contributed by atoms with Crippen molar-refractivity contribution in [2.75, 3.05) is 6.61 Å². The summed E-state index contributed by atoms with van der Waals surface area (Å²) in [5, 5.41) is 13.8. The van der Waals surface area contributed by atoms with Crippen LogP contribution in [0.3, 0.4) is 0 Å². The van der Waals surface area contributed by atoms with E-state index in [4.69, 9.17) is 4.74 Å². The van der Waals surface area contributed by atoms with Gasteiger partial charge in [-0.15, -0.1) is 0 Å². The normalized spacial score (nSPS) is 15.4. The van der Waals surface area contributed by atoms with Gasteiger partial charge < -0.3 is 15.2 Å². The highest BCUT2D eigenvalue weighted by molar-refractivity contribution is 9.10. The number of nitrogens with one attached hydrogen (secondary N) is 1. The van der Waals surface area contributed by atoms with Crippen LogP contribution in [0.15, 0.2) is 22.7 Å². The fourth-order valence-corrected chi connectivity index (χ4v) is 2.58. The fraction of sp³-hybridized carbons (Fsp3) is 0.625. The second kappa shape index (κ2) is 6.92. The fourth-order valence-electron chi connectivity index (χ4n) is 2.06. The van der Waals surface area contributed by atoms with E-state index < -0.39 is 5.60 Å². The van der Waals surface area contributed by atoms with Gasteiger partial charge in [-0.1, -0.05) is 26.0 Å². The Hall–Kier alpha value is -0.580. The van der Waals surface area contributed by atoms with Crippen molar-refractivity contribution >= 4 is 15.9 Å². The first kappa shape index (κ1) is 15.8. The summed E-state index contributed by atoms with van der Waals surface area (Å²) >= 11 is 3.55. The Labute approximate surface area is 129 Å². The number of hydrogen-bond donors (Lipinski definition) is 2. The summed E-state index contributed by atoms with van der Waals surface area (Å²) in [7, 11) is 0. The highest BCUT2D eigenvalue weighted by atomic mass is 79.9. The molecule has 0 bridgehead atoms. The summed E-state index contributed by atoms with van der Waals surface area (Å²) in [6, 6.07) is 6.75. The molecule has 0 unspecified atom stereocenters. The summed E-state index contributed by atoms with van der Waals surface area (Å²) < 4.78 is 6.88. The molecule has 2 N–H and O–H groups in total. The van der Waals surface area contributed by atoms with Crippen molar-refractivity contribution in [2.45, 2.75) is 57.7 Å². The van der Waals surface area contributed by atoms with E-state index in [2.05, 4.69) is 27.3 Å². The highest BCUT2D eigenvalue weighted by Gasteiger charge is 2.25. The maximum atomic E-state index is 10.3. The summed E-state index contributed by atoms with van der Waals surface area (Å²) in [6.45, 7) is 5.13. The Morgan fingerprint density at radius 3 is 2.65 bits per heavy atom. The third-order valence-corrected chi connectivity index (χ3v) is 4.63. The molecule has 4 heteroatoms. The van der Waals surface area contributed by atoms with Crippen LogP contribution in [0.1, 0.15) is 45.1 Å². The standard InChI is InChI=1S/C16H24BrNO2/c1-3-16(19,4-2)11-20-15-12(6-5-7-14(15)17)10-18-13-8-9-13/h5-7,13,18-19H,3-4,8-11H2,1-2H3. The van der Waals surface area contributed by atoms with Crippen molar-refractivity contribution in [2.24, 2.45) is 0 Å². The molecule has 20 heavy (non-hydrogen) atoms. The second-order valence-corrected chi connectivity index (χ2v) is 6.46. The Balaban J connectivity index is 2.04. The molecule has 0 atom stereocenters. The Morgan fingerprint density at radius 2 is 2.05 bits per heavy atom. The van der Waals surface area contributed by atoms with Crippen molar-refractivity contribution in [3.63, 3.8) is 0 Å². The van der Waals surface area contributed by atoms with Gasteiger partial charge in [-0.3, -0.25) is 0 Å². The number of ether oxygens (including phenoxy) is 1. The lowest BCUT2D eigenvalue weighted by Gasteiger charge is -2.26. The zero-order valence-corrected chi connectivity index (χ0v) is 13.9. The van der Waals surface area contributed by atoms with Crippen LogP contribution in [0.2, 0.25) is 0 Å². The third kappa shape index (κ3) is 4.21. The predicted octanol–water partition coefficient (Wildman–Crippen LogP) is 3.63. The number of aliphatic hydroxyl groups is 1. The van der Waals surface area contributed by atoms with E-state index in [1.807, 2.05) is 26.0 Å². The van der Waals surface area contributed by atoms with Crippen LogP contribution in [0, 0.1) is 0 Å². The van der Waals surface area contributed by atoms with E-state index >= 15 is 0 Å². The molecule has 1 aliphatic carbocycles. The molecule has 1 aromatic rings. The number of halogens is 1. The molecule has 1 saturated carbocycles. The summed E-state index contributed by atoms with van der Waals surface area (Å²) in [4.78, 5) is 0. The molecule has 2 rings (SSSR count). The Morgan fingerprint density at radius 1 is 1.35 bits per heavy atom. The minimum absolute atomic E-state index is 0.332. The third-order valence-electron chi connectivity index (χ3n) is 4.01. The highest BCUT2D eigenvalue weighted by Crippen LogP contribution is 2.31. The molecule has 1 aromatic carbocycles. The maximum Gasteiger partial charge on any atom is 0.138 e. The lowest BCUT2D eigenvalue weighted by Crippen LogP contribution is -2.34. The van der Waals surface area contributed by atoms with Gasteiger partial charge in [-0.05, 0) is 47.7 Å². The molecule has 0 amide bonds. The summed E-state index contributed by atoms with van der Waals surface area (Å²) in [6.07, 6.45) is 3.94. The van der Waals surface area contributed by atoms with Crippen molar-refractivity contribution < 1.29 is 9.84 Å². The van der Waals surface area contributed by atoms with Crippen LogP contribution in [0.4, 0.5) is 0 Å². The minimum Gasteiger partial charge on any atom is -0.489 e. The number of benzene rings is 1. The first-order valence-corrected chi connectivity index (χ1v) is 8.23. The molecule has 0 aliphatic heterocycles. The van der Waals surface area contributed by atoms with Gasteiger partial charge in [0.2, 0.25) is 0 Å². The number of para-hydroxylation sites is 1. The lowest BCUT2D eigenvalue weighted by atomic mass is 9.99. The van der Waals surface area contributed by atoms with Crippen LogP contribution in [-0.2, 0) is 6.54 Å². The first-order chi connectivity index (χ1) is 9.58. The Bertz CT molecular complexity index is 442. The van der Waals surface area contributed by atoms with Crippen molar-refractivity contribution in [1.82, 2.24) is 5.32 Å². The van der Waals surface area contributed by atoms with Gasteiger partial charge in [-0.25, -0.2) is 0 Å². The lowest BCUT2D eigenvalue weighted by molar-refractivity contribution is -0.0118. The molecule has 3 nitrogen and oxygen atoms in total. The number of hydrogen-bond acceptors (Lipinski definition) is 3. The van der Waals surface area contributed by atoms with E-state index in [1.165, 1.54) is 12.8 Å². The largest absolute Gasteiger partial charge is 0.489 e. The zero-order chi connectivity index (χ0) is 14.6. The first-order valence-electron chi connectivity index (χ1n) is 7.44. The predicted molar refractivity (Wildman–Crippen MR) is 85.0 cm³/mol. The van der Waals surface area contributed by atoms with Crippen LogP contribution >= 0.6 is 15.9 Å². The molecular weight excluding hydrogens is 318 g/mol. The van der Waals surface area contributed by atoms with Crippen molar-refractivity contribution in [3.05, 3.63) is 28.2 Å². The van der Waals surface area contributed by atoms with Gasteiger partial charge in [0, 0.05) is 18.2 Å². The van der Waals surface area contributed by atoms with Crippen LogP contribution in [0.5, 0.6) is 5.75 Å². The van der Waals surface area contributed by atoms with E-state index in [-0.39, 0.29) is 0 Å². The topological polar surface area (TPSA) is 41.5 Å². The average Bonchev–Trinajstić information content (AvgIpc) is 3.28. The molecule has 0 spiro atoms. The second-order valence-electron chi connectivity index (χ2n) is 5.60. The van der Waals surface area contributed by atoms with Crippen molar-refractivity contribution in [1.29, 1.82) is 0 Å². The van der Waals surface area contributed by atoms with Crippen LogP contribution in [0.25, 0.3) is 0 Å². The average molecular weight is 342 g/mol. The van der Waals surface area contributed by atoms with Gasteiger partial charge in [0.25, 0.3) is 0 Å². The molecule has 112 valence electrons. The van der Waals surface area contributed by atoms with Crippen molar-refractivity contribution in [3.8, 4) is 5.75 Å². The van der Waals surface area contributed by atoms with E-state index in [9.17, 15) is 5.11 Å². The Kier molecular flexibility index (Phi) is 5.47. The molecular formula is C16H24BrNO2. The van der Waals surface area contributed by atoms with Gasteiger partial charge in [0.05, 0.1) is 10.1 Å². The molecule has 0 aromatic heterocycles. The summed E-state index contributed by atoms with van der Waals surface area (Å²) in [5.74, 6) is 0.848. The molecule has 0 heterocycles. The van der Waals surface area contributed by atoms with Gasteiger partial charge in [0.15, 0.2) is 0 Å². The van der Waals surface area contributed by atoms with Gasteiger partial charge in [-0.2, -0.15) is 0 Å². The smallest absolute Gasteiger partial charge is 0.138 e. The molecule has 1 aliphatic rings. The van der Waals surface area contributed by atoms with Crippen LogP contribution in [-0.4, -0.2) is 23.4 Å². The zero-order valence-electron chi connectivity index (χ0n) is 12.3. The SMILES string of the molecule is CCC(O)(CC)COc1c(Br)cccc1CNC1CC1. The van der Waals surface area contributed by atoms with E-state index in [0.717, 1.165) is 22.3 Å². The minimum atomic E-state index is -0.740. The molecule has 0 saturated heterocycles. The maximum absolute atomic E-state index is 10.3. The van der Waals surface area contributed by atoms with Gasteiger partial charge >= 0.3 is 0 Å². The number of rotatable bonds is 8. The van der Waals surface area contributed by atoms with Gasteiger partial charge in [0.1, 0.15) is 12.4 Å².